The Balaban J connectivity index is 1.66. The van der Waals surface area contributed by atoms with Gasteiger partial charge in [0, 0.05) is 0 Å². The zero-order chi connectivity index (χ0) is 16.9. The Hall–Kier alpha value is -2.82. The van der Waals surface area contributed by atoms with E-state index in [1.54, 1.807) is 0 Å². The highest BCUT2D eigenvalue weighted by Crippen LogP contribution is 2.39. The van der Waals surface area contributed by atoms with Crippen LogP contribution in [0.2, 0.25) is 0 Å². The first-order valence-corrected chi connectivity index (χ1v) is 7.91. The van der Waals surface area contributed by atoms with E-state index < -0.39 is 17.8 Å². The maximum absolute atomic E-state index is 12.3. The summed E-state index contributed by atoms with van der Waals surface area (Å²) in [4.78, 5) is 23.2. The van der Waals surface area contributed by atoms with E-state index in [9.17, 15) is 9.59 Å². The normalized spacial score (nSPS) is 20.0. The first-order chi connectivity index (χ1) is 11.6. The summed E-state index contributed by atoms with van der Waals surface area (Å²) in [7, 11) is 0. The minimum Gasteiger partial charge on any atom is -0.491 e. The van der Waals surface area contributed by atoms with Gasteiger partial charge in [0.1, 0.15) is 12.4 Å². The van der Waals surface area contributed by atoms with Crippen LogP contribution in [0.25, 0.3) is 0 Å². The Kier molecular flexibility index (Phi) is 4.79. The molecule has 3 unspecified atom stereocenters. The molecule has 124 valence electrons. The molecular formula is C19H19NO4. The molecule has 2 aromatic rings. The maximum Gasteiger partial charge on any atom is 0.307 e. The molecule has 0 heterocycles. The molecule has 5 heteroatoms. The molecule has 0 spiro atoms. The lowest BCUT2D eigenvalue weighted by molar-refractivity contribution is -0.140. The van der Waals surface area contributed by atoms with E-state index in [0.717, 1.165) is 11.3 Å². The number of carboxylic acid groups (broad SMARTS) is 1. The van der Waals surface area contributed by atoms with Gasteiger partial charge in [-0.25, -0.2) is 0 Å². The standard InChI is InChI=1S/C19H19NO4/c21-18(15-11-16(15)19(22)23)20-17(13-7-3-1-4-8-13)12-24-14-9-5-2-6-10-14/h1-10,15-17H,11-12H2,(H,20,21)(H,22,23). The fraction of sp³-hybridized carbons (Fsp3) is 0.263. The van der Waals surface area contributed by atoms with Crippen LogP contribution in [0.15, 0.2) is 60.7 Å². The summed E-state index contributed by atoms with van der Waals surface area (Å²) in [5, 5.41) is 11.9. The highest BCUT2D eigenvalue weighted by Gasteiger charge is 2.48. The lowest BCUT2D eigenvalue weighted by atomic mass is 10.1. The number of nitrogens with one attached hydrogen (secondary N) is 1. The third kappa shape index (κ3) is 3.93. The second-order valence-corrected chi connectivity index (χ2v) is 5.88. The largest absolute Gasteiger partial charge is 0.491 e. The SMILES string of the molecule is O=C(O)C1CC1C(=O)NC(COc1ccccc1)c1ccccc1. The van der Waals surface area contributed by atoms with Crippen molar-refractivity contribution in [2.75, 3.05) is 6.61 Å². The molecule has 0 aliphatic heterocycles. The summed E-state index contributed by atoms with van der Waals surface area (Å²) >= 11 is 0. The number of rotatable bonds is 7. The molecule has 0 radical (unpaired) electrons. The molecule has 5 nitrogen and oxygen atoms in total. The number of carbonyl (C=O) groups is 2. The van der Waals surface area contributed by atoms with Gasteiger partial charge >= 0.3 is 5.97 Å². The Morgan fingerprint density at radius 1 is 1.04 bits per heavy atom. The number of aliphatic carboxylic acids is 1. The Bertz CT molecular complexity index is 702. The van der Waals surface area contributed by atoms with Crippen LogP contribution in [0.4, 0.5) is 0 Å². The number of benzene rings is 2. The van der Waals surface area contributed by atoms with Crippen LogP contribution in [0.3, 0.4) is 0 Å². The summed E-state index contributed by atoms with van der Waals surface area (Å²) in [6.45, 7) is 0.282. The van der Waals surface area contributed by atoms with Crippen molar-refractivity contribution in [1.82, 2.24) is 5.32 Å². The van der Waals surface area contributed by atoms with Crippen molar-refractivity contribution in [2.24, 2.45) is 11.8 Å². The molecule has 1 saturated carbocycles. The van der Waals surface area contributed by atoms with Crippen LogP contribution in [0.5, 0.6) is 5.75 Å². The summed E-state index contributed by atoms with van der Waals surface area (Å²) in [5.41, 5.74) is 0.925. The smallest absolute Gasteiger partial charge is 0.307 e. The number of amides is 1. The molecule has 1 amide bonds. The fourth-order valence-corrected chi connectivity index (χ4v) is 2.64. The summed E-state index contributed by atoms with van der Waals surface area (Å²) < 4.78 is 5.77. The van der Waals surface area contributed by atoms with Crippen molar-refractivity contribution in [1.29, 1.82) is 0 Å². The molecule has 3 rings (SSSR count). The molecule has 0 aromatic heterocycles. The van der Waals surface area contributed by atoms with Crippen molar-refractivity contribution in [3.63, 3.8) is 0 Å². The molecule has 2 aromatic carbocycles. The molecule has 2 N–H and O–H groups in total. The predicted molar refractivity (Wildman–Crippen MR) is 88.5 cm³/mol. The van der Waals surface area contributed by atoms with Crippen molar-refractivity contribution < 1.29 is 19.4 Å². The minimum atomic E-state index is -0.910. The average molecular weight is 325 g/mol. The van der Waals surface area contributed by atoms with E-state index in [-0.39, 0.29) is 18.6 Å². The molecule has 0 saturated heterocycles. The van der Waals surface area contributed by atoms with Crippen molar-refractivity contribution >= 4 is 11.9 Å². The lowest BCUT2D eigenvalue weighted by Gasteiger charge is -2.20. The quantitative estimate of drug-likeness (QED) is 0.820. The number of carboxylic acids is 1. The zero-order valence-corrected chi connectivity index (χ0v) is 13.1. The van der Waals surface area contributed by atoms with Crippen molar-refractivity contribution in [2.45, 2.75) is 12.5 Å². The highest BCUT2D eigenvalue weighted by atomic mass is 16.5. The number of para-hydroxylation sites is 1. The molecule has 1 fully saturated rings. The van der Waals surface area contributed by atoms with Crippen LogP contribution in [0.1, 0.15) is 18.0 Å². The molecule has 0 bridgehead atoms. The van der Waals surface area contributed by atoms with Gasteiger partial charge in [0.2, 0.25) is 5.91 Å². The van der Waals surface area contributed by atoms with E-state index in [0.29, 0.717) is 6.42 Å². The van der Waals surface area contributed by atoms with Crippen LogP contribution in [0, 0.1) is 11.8 Å². The Morgan fingerprint density at radius 3 is 2.25 bits per heavy atom. The first-order valence-electron chi connectivity index (χ1n) is 7.91. The monoisotopic (exact) mass is 325 g/mol. The van der Waals surface area contributed by atoms with Crippen LogP contribution >= 0.6 is 0 Å². The fourth-order valence-electron chi connectivity index (χ4n) is 2.64. The van der Waals surface area contributed by atoms with Crippen molar-refractivity contribution in [3.05, 3.63) is 66.2 Å². The molecule has 1 aliphatic carbocycles. The highest BCUT2D eigenvalue weighted by molar-refractivity contribution is 5.89. The van der Waals surface area contributed by atoms with E-state index >= 15 is 0 Å². The van der Waals surface area contributed by atoms with Gasteiger partial charge in [-0.15, -0.1) is 0 Å². The number of ether oxygens (including phenoxy) is 1. The summed E-state index contributed by atoms with van der Waals surface area (Å²) in [6.07, 6.45) is 0.405. The topological polar surface area (TPSA) is 75.6 Å². The van der Waals surface area contributed by atoms with Gasteiger partial charge in [-0.3, -0.25) is 9.59 Å². The van der Waals surface area contributed by atoms with Gasteiger partial charge in [0.15, 0.2) is 0 Å². The predicted octanol–water partition coefficient (Wildman–Crippen LogP) is 2.64. The average Bonchev–Trinajstić information content (AvgIpc) is 3.41. The van der Waals surface area contributed by atoms with E-state index in [2.05, 4.69) is 5.32 Å². The third-order valence-electron chi connectivity index (χ3n) is 4.12. The second-order valence-electron chi connectivity index (χ2n) is 5.88. The van der Waals surface area contributed by atoms with Gasteiger partial charge in [-0.1, -0.05) is 48.5 Å². The third-order valence-corrected chi connectivity index (χ3v) is 4.12. The Labute approximate surface area is 140 Å². The summed E-state index contributed by atoms with van der Waals surface area (Å²) in [5.74, 6) is -1.41. The lowest BCUT2D eigenvalue weighted by Crippen LogP contribution is -2.34. The summed E-state index contributed by atoms with van der Waals surface area (Å²) in [6, 6.07) is 18.6. The maximum atomic E-state index is 12.3. The molecule has 24 heavy (non-hydrogen) atoms. The van der Waals surface area contributed by atoms with Crippen LogP contribution in [-0.2, 0) is 9.59 Å². The van der Waals surface area contributed by atoms with Gasteiger partial charge in [0.25, 0.3) is 0 Å². The van der Waals surface area contributed by atoms with E-state index in [4.69, 9.17) is 9.84 Å². The van der Waals surface area contributed by atoms with Gasteiger partial charge < -0.3 is 15.2 Å². The minimum absolute atomic E-state index is 0.229. The van der Waals surface area contributed by atoms with E-state index in [1.165, 1.54) is 0 Å². The van der Waals surface area contributed by atoms with Crippen molar-refractivity contribution in [3.8, 4) is 5.75 Å². The van der Waals surface area contributed by atoms with Crippen LogP contribution < -0.4 is 10.1 Å². The Morgan fingerprint density at radius 2 is 1.67 bits per heavy atom. The molecule has 1 aliphatic rings. The first kappa shape index (κ1) is 16.1. The number of hydrogen-bond acceptors (Lipinski definition) is 3. The van der Waals surface area contributed by atoms with E-state index in [1.807, 2.05) is 60.7 Å². The van der Waals surface area contributed by atoms with Gasteiger partial charge in [-0.05, 0) is 24.1 Å². The zero-order valence-electron chi connectivity index (χ0n) is 13.1. The molecule has 3 atom stereocenters. The van der Waals surface area contributed by atoms with Gasteiger partial charge in [0.05, 0.1) is 17.9 Å². The van der Waals surface area contributed by atoms with Crippen LogP contribution in [-0.4, -0.2) is 23.6 Å². The second kappa shape index (κ2) is 7.17. The molecular weight excluding hydrogens is 306 g/mol. The van der Waals surface area contributed by atoms with Gasteiger partial charge in [-0.2, -0.15) is 0 Å². The number of hydrogen-bond donors (Lipinski definition) is 2. The number of carbonyl (C=O) groups excluding carboxylic acids is 1.